The number of methoxy groups -OCH3 is 1. The van der Waals surface area contributed by atoms with Crippen LogP contribution in [0.25, 0.3) is 0 Å². The van der Waals surface area contributed by atoms with Gasteiger partial charge in [0.1, 0.15) is 12.4 Å². The summed E-state index contributed by atoms with van der Waals surface area (Å²) in [4.78, 5) is 0. The summed E-state index contributed by atoms with van der Waals surface area (Å²) in [5.74, 6) is 0. The van der Waals surface area contributed by atoms with E-state index in [1.165, 1.54) is 0 Å². The second kappa shape index (κ2) is 4.23. The van der Waals surface area contributed by atoms with Crippen molar-refractivity contribution in [3.63, 3.8) is 0 Å². The number of hydrogen-bond donors (Lipinski definition) is 0. The number of ether oxygens (including phenoxy) is 2. The Hall–Kier alpha value is -0.870. The minimum absolute atomic E-state index is 0.155. The van der Waals surface area contributed by atoms with Crippen LogP contribution in [-0.2, 0) is 23.3 Å². The minimum Gasteiger partial charge on any atom is -0.356 e. The van der Waals surface area contributed by atoms with E-state index in [1.54, 1.807) is 7.11 Å². The molecular weight excluding hydrogens is 156 g/mol. The Kier molecular flexibility index (Phi) is 3.25. The fourth-order valence-electron chi connectivity index (χ4n) is 0.837. The first-order chi connectivity index (χ1) is 5.72. The van der Waals surface area contributed by atoms with Crippen molar-refractivity contribution < 1.29 is 14.0 Å². The van der Waals surface area contributed by atoms with Crippen LogP contribution in [0.3, 0.4) is 0 Å². The molecule has 0 spiro atoms. The lowest BCUT2D eigenvalue weighted by molar-refractivity contribution is -0.671. The quantitative estimate of drug-likeness (QED) is 0.480. The number of rotatable bonds is 4. The van der Waals surface area contributed by atoms with Gasteiger partial charge in [0.25, 0.3) is 0 Å². The molecule has 0 aromatic carbocycles. The monoisotopic (exact) mass is 171 g/mol. The summed E-state index contributed by atoms with van der Waals surface area (Å²) in [6, 6.07) is 0. The van der Waals surface area contributed by atoms with Gasteiger partial charge in [0, 0.05) is 7.11 Å². The molecule has 1 unspecified atom stereocenters. The first-order valence-corrected chi connectivity index (χ1v) is 3.88. The molecule has 0 fully saturated rings. The molecule has 1 heterocycles. The van der Waals surface area contributed by atoms with E-state index >= 15 is 0 Å². The minimum atomic E-state index is -0.155. The second-order valence-electron chi connectivity index (χ2n) is 2.69. The highest BCUT2D eigenvalue weighted by Crippen LogP contribution is 1.93. The van der Waals surface area contributed by atoms with Crippen molar-refractivity contribution in [3.8, 4) is 0 Å². The van der Waals surface area contributed by atoms with E-state index < -0.39 is 0 Å². The molecule has 68 valence electrons. The molecule has 0 aliphatic rings. The number of aryl methyl sites for hydroxylation is 1. The smallest absolute Gasteiger partial charge is 0.245 e. The Morgan fingerprint density at radius 2 is 2.33 bits per heavy atom. The van der Waals surface area contributed by atoms with Gasteiger partial charge in [0.2, 0.25) is 6.33 Å². The fourth-order valence-corrected chi connectivity index (χ4v) is 0.837. The van der Waals surface area contributed by atoms with Crippen molar-refractivity contribution in [3.05, 3.63) is 18.7 Å². The summed E-state index contributed by atoms with van der Waals surface area (Å²) in [7, 11) is 3.59. The molecule has 0 amide bonds. The lowest BCUT2D eigenvalue weighted by Crippen LogP contribution is -2.24. The highest BCUT2D eigenvalue weighted by Gasteiger charge is 2.02. The predicted molar refractivity (Wildman–Crippen MR) is 43.2 cm³/mol. The van der Waals surface area contributed by atoms with E-state index in [1.807, 2.05) is 41.8 Å². The van der Waals surface area contributed by atoms with E-state index in [2.05, 4.69) is 0 Å². The summed E-state index contributed by atoms with van der Waals surface area (Å²) in [5.41, 5.74) is 0. The second-order valence-corrected chi connectivity index (χ2v) is 2.69. The summed E-state index contributed by atoms with van der Waals surface area (Å²) < 4.78 is 14.2. The number of aromatic nitrogens is 2. The average Bonchev–Trinajstić information content (AvgIpc) is 2.47. The van der Waals surface area contributed by atoms with Gasteiger partial charge in [-0.1, -0.05) is 0 Å². The lowest BCUT2D eigenvalue weighted by Gasteiger charge is -2.07. The van der Waals surface area contributed by atoms with Gasteiger partial charge >= 0.3 is 0 Å². The zero-order valence-electron chi connectivity index (χ0n) is 7.73. The third-order valence-corrected chi connectivity index (χ3v) is 1.61. The van der Waals surface area contributed by atoms with Gasteiger partial charge in [-0.25, -0.2) is 9.13 Å². The van der Waals surface area contributed by atoms with Crippen molar-refractivity contribution in [2.24, 2.45) is 7.05 Å². The first kappa shape index (κ1) is 9.22. The molecule has 1 rings (SSSR count). The molecule has 1 aromatic rings. The van der Waals surface area contributed by atoms with Crippen LogP contribution in [0, 0.1) is 0 Å². The molecule has 12 heavy (non-hydrogen) atoms. The third kappa shape index (κ3) is 2.64. The molecular formula is C8H15N2O2+. The van der Waals surface area contributed by atoms with E-state index in [4.69, 9.17) is 9.47 Å². The Labute approximate surface area is 72.3 Å². The predicted octanol–water partition coefficient (Wildman–Crippen LogP) is 0.279. The van der Waals surface area contributed by atoms with Crippen molar-refractivity contribution in [2.75, 3.05) is 7.11 Å². The average molecular weight is 171 g/mol. The van der Waals surface area contributed by atoms with Crippen LogP contribution in [0.1, 0.15) is 6.92 Å². The van der Waals surface area contributed by atoms with Crippen LogP contribution in [0.5, 0.6) is 0 Å². The van der Waals surface area contributed by atoms with E-state index in [9.17, 15) is 0 Å². The van der Waals surface area contributed by atoms with E-state index in [0.29, 0.717) is 6.73 Å². The van der Waals surface area contributed by atoms with Gasteiger partial charge < -0.3 is 9.47 Å². The zero-order chi connectivity index (χ0) is 8.97. The lowest BCUT2D eigenvalue weighted by atomic mass is 10.7. The summed E-state index contributed by atoms with van der Waals surface area (Å²) in [6.07, 6.45) is 5.70. The van der Waals surface area contributed by atoms with Gasteiger partial charge in [-0.3, -0.25) is 0 Å². The van der Waals surface area contributed by atoms with Crippen LogP contribution in [0.15, 0.2) is 18.7 Å². The van der Waals surface area contributed by atoms with Gasteiger partial charge in [0.15, 0.2) is 13.0 Å². The van der Waals surface area contributed by atoms with Crippen molar-refractivity contribution in [1.29, 1.82) is 0 Å². The Morgan fingerprint density at radius 3 is 2.83 bits per heavy atom. The van der Waals surface area contributed by atoms with Crippen molar-refractivity contribution in [1.82, 2.24) is 4.57 Å². The van der Waals surface area contributed by atoms with Gasteiger partial charge in [-0.2, -0.15) is 0 Å². The maximum Gasteiger partial charge on any atom is 0.245 e. The maximum atomic E-state index is 5.32. The maximum absolute atomic E-state index is 5.32. The van der Waals surface area contributed by atoms with Crippen LogP contribution < -0.4 is 4.57 Å². The number of imidazole rings is 1. The molecule has 0 radical (unpaired) electrons. The summed E-state index contributed by atoms with van der Waals surface area (Å²) >= 11 is 0. The van der Waals surface area contributed by atoms with Crippen LogP contribution in [0.4, 0.5) is 0 Å². The summed E-state index contributed by atoms with van der Waals surface area (Å²) in [5, 5.41) is 0. The third-order valence-electron chi connectivity index (χ3n) is 1.61. The molecule has 1 aromatic heterocycles. The number of hydrogen-bond acceptors (Lipinski definition) is 2. The topological polar surface area (TPSA) is 27.3 Å². The summed E-state index contributed by atoms with van der Waals surface area (Å²) in [6.45, 7) is 2.39. The zero-order valence-corrected chi connectivity index (χ0v) is 7.73. The van der Waals surface area contributed by atoms with Crippen LogP contribution in [0.2, 0.25) is 0 Å². The Balaban J connectivity index is 2.33. The normalized spacial score (nSPS) is 13.2. The Bertz CT molecular complexity index is 235. The highest BCUT2D eigenvalue weighted by atomic mass is 16.7. The molecule has 0 aliphatic carbocycles. The molecule has 4 heteroatoms. The Morgan fingerprint density at radius 1 is 1.58 bits per heavy atom. The standard InChI is InChI=1S/C8H15N2O2/c1-8(11-3)12-7-10-5-4-9(2)6-10/h4-6,8H,7H2,1-3H3/q+1. The molecule has 0 saturated carbocycles. The van der Waals surface area contributed by atoms with Gasteiger partial charge in [-0.05, 0) is 6.92 Å². The van der Waals surface area contributed by atoms with Crippen LogP contribution in [-0.4, -0.2) is 18.0 Å². The largest absolute Gasteiger partial charge is 0.356 e. The SMILES string of the molecule is COC(C)OCn1cc[n+](C)c1. The molecule has 4 nitrogen and oxygen atoms in total. The number of nitrogens with zero attached hydrogens (tertiary/aromatic N) is 2. The fraction of sp³-hybridized carbons (Fsp3) is 0.625. The molecule has 1 atom stereocenters. The van der Waals surface area contributed by atoms with E-state index in [0.717, 1.165) is 0 Å². The van der Waals surface area contributed by atoms with Crippen molar-refractivity contribution >= 4 is 0 Å². The first-order valence-electron chi connectivity index (χ1n) is 3.88. The van der Waals surface area contributed by atoms with Crippen molar-refractivity contribution in [2.45, 2.75) is 19.9 Å². The molecule has 0 aliphatic heterocycles. The van der Waals surface area contributed by atoms with Gasteiger partial charge in [-0.15, -0.1) is 0 Å². The van der Waals surface area contributed by atoms with Crippen LogP contribution >= 0.6 is 0 Å². The molecule has 0 saturated heterocycles. The molecule has 0 N–H and O–H groups in total. The van der Waals surface area contributed by atoms with E-state index in [-0.39, 0.29) is 6.29 Å². The molecule has 0 bridgehead atoms. The van der Waals surface area contributed by atoms with Gasteiger partial charge in [0.05, 0.1) is 7.05 Å². The highest BCUT2D eigenvalue weighted by molar-refractivity contribution is 4.63.